The summed E-state index contributed by atoms with van der Waals surface area (Å²) in [6.07, 6.45) is 0.537. The minimum absolute atomic E-state index is 0.326. The molecule has 1 fully saturated rings. The lowest BCUT2D eigenvalue weighted by atomic mass is 10.1. The highest BCUT2D eigenvalue weighted by Gasteiger charge is 2.33. The molecule has 3 heteroatoms. The molecule has 0 amide bonds. The van der Waals surface area contributed by atoms with E-state index in [1.165, 1.54) is 12.5 Å². The number of hydrogen-bond acceptors (Lipinski definition) is 2. The van der Waals surface area contributed by atoms with Crippen molar-refractivity contribution in [2.24, 2.45) is 11.8 Å². The van der Waals surface area contributed by atoms with Gasteiger partial charge >= 0.3 is 0 Å². The van der Waals surface area contributed by atoms with Crippen LogP contribution in [0.3, 0.4) is 0 Å². The van der Waals surface area contributed by atoms with E-state index in [4.69, 9.17) is 0 Å². The van der Waals surface area contributed by atoms with E-state index in [9.17, 15) is 9.50 Å². The molecule has 2 nitrogen and oxygen atoms in total. The van der Waals surface area contributed by atoms with Gasteiger partial charge in [0, 0.05) is 18.7 Å². The molecule has 3 unspecified atom stereocenters. The largest absolute Gasteiger partial charge is 0.387 e. The van der Waals surface area contributed by atoms with Crippen molar-refractivity contribution in [2.75, 3.05) is 20.1 Å². The minimum Gasteiger partial charge on any atom is -0.387 e. The van der Waals surface area contributed by atoms with Crippen LogP contribution >= 0.6 is 0 Å². The Hall–Kier alpha value is -0.930. The third kappa shape index (κ3) is 3.27. The van der Waals surface area contributed by atoms with E-state index in [1.54, 1.807) is 18.2 Å². The number of likely N-dealkylation sites (N-methyl/N-ethyl adjacent to an activating group) is 1. The number of rotatable bonds is 5. The second kappa shape index (κ2) is 5.15. The van der Waals surface area contributed by atoms with Gasteiger partial charge in [-0.2, -0.15) is 0 Å². The Morgan fingerprint density at radius 1 is 1.47 bits per heavy atom. The first-order valence-corrected chi connectivity index (χ1v) is 6.19. The van der Waals surface area contributed by atoms with Gasteiger partial charge in [0.1, 0.15) is 5.82 Å². The van der Waals surface area contributed by atoms with Crippen LogP contribution in [0.1, 0.15) is 25.0 Å². The van der Waals surface area contributed by atoms with Crippen LogP contribution in [0.25, 0.3) is 0 Å². The molecule has 2 rings (SSSR count). The lowest BCUT2D eigenvalue weighted by molar-refractivity contribution is 0.120. The smallest absolute Gasteiger partial charge is 0.129 e. The van der Waals surface area contributed by atoms with Crippen LogP contribution in [0, 0.1) is 17.7 Å². The van der Waals surface area contributed by atoms with E-state index in [1.807, 2.05) is 7.05 Å². The normalized spacial score (nSPS) is 25.0. The highest BCUT2D eigenvalue weighted by Crippen LogP contribution is 2.38. The number of nitrogens with zero attached hydrogens (tertiary/aromatic N) is 1. The zero-order valence-corrected chi connectivity index (χ0v) is 10.4. The Bertz CT molecular complexity index is 382. The lowest BCUT2D eigenvalue weighted by Crippen LogP contribution is -2.27. The molecule has 0 radical (unpaired) electrons. The van der Waals surface area contributed by atoms with Crippen molar-refractivity contribution >= 4 is 0 Å². The molecule has 1 aliphatic carbocycles. The summed E-state index contributed by atoms with van der Waals surface area (Å²) in [6, 6.07) is 6.43. The van der Waals surface area contributed by atoms with Gasteiger partial charge in [0.15, 0.2) is 0 Å². The van der Waals surface area contributed by atoms with Crippen molar-refractivity contribution in [3.63, 3.8) is 0 Å². The standard InChI is InChI=1S/C14H20FNO/c1-10-7-11(10)8-16(2)9-14(17)12-5-3-4-6-13(12)15/h3-6,10-11,14,17H,7-9H2,1-2H3. The fourth-order valence-corrected chi connectivity index (χ4v) is 2.27. The average Bonchev–Trinajstić information content (AvgIpc) is 2.94. The lowest BCUT2D eigenvalue weighted by Gasteiger charge is -2.21. The van der Waals surface area contributed by atoms with Gasteiger partial charge in [0.25, 0.3) is 0 Å². The first-order valence-electron chi connectivity index (χ1n) is 6.19. The first kappa shape index (κ1) is 12.5. The maximum atomic E-state index is 13.4. The van der Waals surface area contributed by atoms with Crippen LogP contribution in [-0.4, -0.2) is 30.1 Å². The molecule has 1 saturated carbocycles. The third-order valence-electron chi connectivity index (χ3n) is 3.57. The maximum Gasteiger partial charge on any atom is 0.129 e. The molecule has 0 aromatic heterocycles. The van der Waals surface area contributed by atoms with Crippen molar-refractivity contribution in [3.05, 3.63) is 35.6 Å². The maximum absolute atomic E-state index is 13.4. The van der Waals surface area contributed by atoms with Gasteiger partial charge in [-0.15, -0.1) is 0 Å². The molecule has 1 N–H and O–H groups in total. The van der Waals surface area contributed by atoms with Crippen molar-refractivity contribution in [2.45, 2.75) is 19.4 Å². The molecule has 94 valence electrons. The quantitative estimate of drug-likeness (QED) is 0.850. The fourth-order valence-electron chi connectivity index (χ4n) is 2.27. The van der Waals surface area contributed by atoms with Gasteiger partial charge in [-0.1, -0.05) is 25.1 Å². The number of halogens is 1. The predicted octanol–water partition coefficient (Wildman–Crippen LogP) is 2.45. The van der Waals surface area contributed by atoms with Crippen molar-refractivity contribution in [1.29, 1.82) is 0 Å². The van der Waals surface area contributed by atoms with Gasteiger partial charge < -0.3 is 10.0 Å². The molecule has 0 saturated heterocycles. The number of aliphatic hydroxyl groups excluding tert-OH is 1. The van der Waals surface area contributed by atoms with Gasteiger partial charge in [0.2, 0.25) is 0 Å². The third-order valence-corrected chi connectivity index (χ3v) is 3.57. The van der Waals surface area contributed by atoms with E-state index in [0.29, 0.717) is 12.1 Å². The predicted molar refractivity (Wildman–Crippen MR) is 66.1 cm³/mol. The second-order valence-electron chi connectivity index (χ2n) is 5.23. The van der Waals surface area contributed by atoms with Crippen molar-refractivity contribution < 1.29 is 9.50 Å². The highest BCUT2D eigenvalue weighted by atomic mass is 19.1. The molecule has 17 heavy (non-hydrogen) atoms. The van der Waals surface area contributed by atoms with Crippen LogP contribution in [0.5, 0.6) is 0 Å². The molecule has 1 aromatic carbocycles. The number of benzene rings is 1. The zero-order valence-electron chi connectivity index (χ0n) is 10.4. The first-order chi connectivity index (χ1) is 8.08. The number of aliphatic hydroxyl groups is 1. The SMILES string of the molecule is CC1CC1CN(C)CC(O)c1ccccc1F. The average molecular weight is 237 g/mol. The summed E-state index contributed by atoms with van der Waals surface area (Å²) >= 11 is 0. The van der Waals surface area contributed by atoms with Gasteiger partial charge in [-0.25, -0.2) is 4.39 Å². The van der Waals surface area contributed by atoms with E-state index in [2.05, 4.69) is 11.8 Å². The molecule has 0 aliphatic heterocycles. The van der Waals surface area contributed by atoms with Crippen LogP contribution in [0.15, 0.2) is 24.3 Å². The van der Waals surface area contributed by atoms with Gasteiger partial charge in [-0.3, -0.25) is 0 Å². The minimum atomic E-state index is -0.741. The summed E-state index contributed by atoms with van der Waals surface area (Å²) in [5.41, 5.74) is 0.392. The van der Waals surface area contributed by atoms with E-state index < -0.39 is 6.10 Å². The zero-order chi connectivity index (χ0) is 12.4. The highest BCUT2D eigenvalue weighted by molar-refractivity contribution is 5.20. The van der Waals surface area contributed by atoms with Crippen LogP contribution in [0.2, 0.25) is 0 Å². The summed E-state index contributed by atoms with van der Waals surface area (Å²) < 4.78 is 13.4. The monoisotopic (exact) mass is 237 g/mol. The molecular weight excluding hydrogens is 217 g/mol. The second-order valence-corrected chi connectivity index (χ2v) is 5.23. The molecule has 1 aliphatic rings. The van der Waals surface area contributed by atoms with Gasteiger partial charge in [-0.05, 0) is 31.4 Å². The van der Waals surface area contributed by atoms with Crippen LogP contribution in [-0.2, 0) is 0 Å². The van der Waals surface area contributed by atoms with Crippen LogP contribution in [0.4, 0.5) is 4.39 Å². The van der Waals surface area contributed by atoms with Crippen molar-refractivity contribution in [3.8, 4) is 0 Å². The molecule has 0 bridgehead atoms. The molecular formula is C14H20FNO. The Balaban J connectivity index is 1.88. The number of hydrogen-bond donors (Lipinski definition) is 1. The van der Waals surface area contributed by atoms with E-state index >= 15 is 0 Å². The fraction of sp³-hybridized carbons (Fsp3) is 0.571. The van der Waals surface area contributed by atoms with Crippen LogP contribution < -0.4 is 0 Å². The molecule has 0 heterocycles. The van der Waals surface area contributed by atoms with Gasteiger partial charge in [0.05, 0.1) is 6.10 Å². The summed E-state index contributed by atoms with van der Waals surface area (Å²) in [5, 5.41) is 9.99. The molecule has 1 aromatic rings. The summed E-state index contributed by atoms with van der Waals surface area (Å²) in [7, 11) is 1.98. The van der Waals surface area contributed by atoms with Crippen molar-refractivity contribution in [1.82, 2.24) is 4.90 Å². The molecule has 3 atom stereocenters. The van der Waals surface area contributed by atoms with E-state index in [0.717, 1.165) is 18.4 Å². The Labute approximate surface area is 102 Å². The summed E-state index contributed by atoms with van der Waals surface area (Å²) in [4.78, 5) is 2.09. The Morgan fingerprint density at radius 3 is 2.71 bits per heavy atom. The summed E-state index contributed by atoms with van der Waals surface area (Å²) in [6.45, 7) is 3.72. The Kier molecular flexibility index (Phi) is 3.79. The van der Waals surface area contributed by atoms with E-state index in [-0.39, 0.29) is 5.82 Å². The summed E-state index contributed by atoms with van der Waals surface area (Å²) in [5.74, 6) is 1.24. The Morgan fingerprint density at radius 2 is 2.12 bits per heavy atom. The topological polar surface area (TPSA) is 23.5 Å². The molecule has 0 spiro atoms.